The number of rotatable bonds is 4. The molecule has 3 aromatic carbocycles. The molecule has 3 heteroatoms. The highest BCUT2D eigenvalue weighted by atomic mass is 35.5. The summed E-state index contributed by atoms with van der Waals surface area (Å²) in [5, 5.41) is 4.55. The van der Waals surface area contributed by atoms with E-state index in [0.717, 1.165) is 17.2 Å². The number of ether oxygens (including phenoxy) is 1. The van der Waals surface area contributed by atoms with Crippen LogP contribution in [0.1, 0.15) is 35.1 Å². The number of nitrogens with one attached hydrogen (secondary N) is 1. The van der Waals surface area contributed by atoms with E-state index in [4.69, 9.17) is 16.3 Å². The molecule has 0 fully saturated rings. The molecule has 1 aliphatic heterocycles. The summed E-state index contributed by atoms with van der Waals surface area (Å²) in [6.07, 6.45) is 5.73. The third-order valence-corrected chi connectivity index (χ3v) is 6.05. The molecule has 5 rings (SSSR count). The molecule has 1 N–H and O–H groups in total. The van der Waals surface area contributed by atoms with Crippen molar-refractivity contribution < 1.29 is 4.74 Å². The van der Waals surface area contributed by atoms with Crippen LogP contribution in [0.15, 0.2) is 84.9 Å². The van der Waals surface area contributed by atoms with Gasteiger partial charge in [0.15, 0.2) is 0 Å². The fraction of sp³-hybridized carbons (Fsp3) is 0.200. The molecule has 2 nitrogen and oxygen atoms in total. The van der Waals surface area contributed by atoms with E-state index in [1.54, 1.807) is 0 Å². The maximum atomic E-state index is 6.25. The topological polar surface area (TPSA) is 21.3 Å². The number of allylic oxidation sites excluding steroid dienone is 2. The largest absolute Gasteiger partial charge is 0.489 e. The molecule has 0 saturated heterocycles. The number of hydrogen-bond acceptors (Lipinski definition) is 2. The normalized spacial score (nSPS) is 22.2. The van der Waals surface area contributed by atoms with Gasteiger partial charge in [-0.3, -0.25) is 0 Å². The van der Waals surface area contributed by atoms with Gasteiger partial charge in [-0.1, -0.05) is 66.2 Å². The van der Waals surface area contributed by atoms with Gasteiger partial charge in [0.25, 0.3) is 0 Å². The Morgan fingerprint density at radius 1 is 0.964 bits per heavy atom. The minimum atomic E-state index is 0.289. The number of anilines is 1. The summed E-state index contributed by atoms with van der Waals surface area (Å²) in [5.74, 6) is 1.84. The Hall–Kier alpha value is -2.71. The molecule has 2 aliphatic rings. The molecule has 0 aromatic heterocycles. The Labute approximate surface area is 170 Å². The van der Waals surface area contributed by atoms with Crippen molar-refractivity contribution in [2.24, 2.45) is 5.92 Å². The van der Waals surface area contributed by atoms with E-state index >= 15 is 0 Å². The third-order valence-electron chi connectivity index (χ3n) is 5.81. The number of halogens is 1. The molecule has 0 radical (unpaired) electrons. The average Bonchev–Trinajstić information content (AvgIpc) is 3.23. The van der Waals surface area contributed by atoms with Crippen LogP contribution in [0.3, 0.4) is 0 Å². The quantitative estimate of drug-likeness (QED) is 0.500. The zero-order valence-electron chi connectivity index (χ0n) is 15.5. The molecule has 0 amide bonds. The maximum Gasteiger partial charge on any atom is 0.119 e. The van der Waals surface area contributed by atoms with Gasteiger partial charge in [-0.25, -0.2) is 0 Å². The lowest BCUT2D eigenvalue weighted by atomic mass is 9.77. The number of hydrogen-bond donors (Lipinski definition) is 1. The van der Waals surface area contributed by atoms with Crippen LogP contribution in [0.25, 0.3) is 0 Å². The van der Waals surface area contributed by atoms with Gasteiger partial charge in [-0.05, 0) is 59.4 Å². The zero-order valence-corrected chi connectivity index (χ0v) is 16.3. The van der Waals surface area contributed by atoms with E-state index < -0.39 is 0 Å². The van der Waals surface area contributed by atoms with Gasteiger partial charge in [-0.15, -0.1) is 0 Å². The highest BCUT2D eigenvalue weighted by molar-refractivity contribution is 6.30. The second-order valence-corrected chi connectivity index (χ2v) is 7.99. The van der Waals surface area contributed by atoms with E-state index in [1.165, 1.54) is 22.4 Å². The smallest absolute Gasteiger partial charge is 0.119 e. The van der Waals surface area contributed by atoms with Gasteiger partial charge in [0, 0.05) is 16.6 Å². The number of fused-ring (bicyclic) bond motifs is 3. The van der Waals surface area contributed by atoms with Crippen molar-refractivity contribution >= 4 is 17.3 Å². The number of benzene rings is 3. The molecule has 0 unspecified atom stereocenters. The summed E-state index contributed by atoms with van der Waals surface area (Å²) in [7, 11) is 0. The predicted molar refractivity (Wildman–Crippen MR) is 115 cm³/mol. The molecule has 0 spiro atoms. The fourth-order valence-corrected chi connectivity index (χ4v) is 4.59. The lowest BCUT2D eigenvalue weighted by Gasteiger charge is -2.37. The second-order valence-electron chi connectivity index (χ2n) is 7.55. The van der Waals surface area contributed by atoms with Crippen LogP contribution in [-0.2, 0) is 6.61 Å². The van der Waals surface area contributed by atoms with E-state index in [9.17, 15) is 0 Å². The van der Waals surface area contributed by atoms with Crippen LogP contribution in [0.5, 0.6) is 5.75 Å². The van der Waals surface area contributed by atoms with E-state index in [2.05, 4.69) is 66.0 Å². The molecule has 28 heavy (non-hydrogen) atoms. The Bertz CT molecular complexity index is 997. The predicted octanol–water partition coefficient (Wildman–Crippen LogP) is 6.75. The fourth-order valence-electron chi connectivity index (χ4n) is 4.41. The van der Waals surface area contributed by atoms with Crippen LogP contribution in [0.4, 0.5) is 5.69 Å². The van der Waals surface area contributed by atoms with Crippen LogP contribution >= 0.6 is 11.6 Å². The van der Waals surface area contributed by atoms with Gasteiger partial charge < -0.3 is 10.1 Å². The summed E-state index contributed by atoms with van der Waals surface area (Å²) >= 11 is 6.25. The van der Waals surface area contributed by atoms with Gasteiger partial charge in [0.1, 0.15) is 12.4 Å². The van der Waals surface area contributed by atoms with Gasteiger partial charge >= 0.3 is 0 Å². The Kier molecular flexibility index (Phi) is 4.58. The molecule has 3 atom stereocenters. The Balaban J connectivity index is 1.35. The van der Waals surface area contributed by atoms with Crippen LogP contribution in [0, 0.1) is 5.92 Å². The molecular weight excluding hydrogens is 366 g/mol. The van der Waals surface area contributed by atoms with Crippen molar-refractivity contribution in [2.45, 2.75) is 25.0 Å². The van der Waals surface area contributed by atoms with Crippen molar-refractivity contribution in [3.63, 3.8) is 0 Å². The van der Waals surface area contributed by atoms with E-state index in [0.29, 0.717) is 18.4 Å². The lowest BCUT2D eigenvalue weighted by Crippen LogP contribution is -2.29. The van der Waals surface area contributed by atoms with Crippen molar-refractivity contribution in [3.05, 3.63) is 107 Å². The molecule has 1 heterocycles. The molecule has 140 valence electrons. The summed E-state index contributed by atoms with van der Waals surface area (Å²) in [5.41, 5.74) is 4.97. The minimum Gasteiger partial charge on any atom is -0.489 e. The maximum absolute atomic E-state index is 6.25. The van der Waals surface area contributed by atoms with Crippen LogP contribution < -0.4 is 10.1 Å². The highest BCUT2D eigenvalue weighted by Gasteiger charge is 2.37. The van der Waals surface area contributed by atoms with E-state index in [1.807, 2.05) is 24.3 Å². The monoisotopic (exact) mass is 387 g/mol. The highest BCUT2D eigenvalue weighted by Crippen LogP contribution is 2.50. The molecule has 3 aromatic rings. The van der Waals surface area contributed by atoms with Crippen molar-refractivity contribution in [1.82, 2.24) is 0 Å². The first-order valence-electron chi connectivity index (χ1n) is 9.77. The van der Waals surface area contributed by atoms with Crippen molar-refractivity contribution in [1.29, 1.82) is 0 Å². The van der Waals surface area contributed by atoms with E-state index in [-0.39, 0.29) is 6.04 Å². The SMILES string of the molecule is Clc1ccc2c(c1)[C@@H]1C=CC[C@@H]1[C@H](c1ccc(OCc3ccccc3)cc1)N2. The lowest BCUT2D eigenvalue weighted by molar-refractivity contribution is 0.306. The second kappa shape index (κ2) is 7.37. The van der Waals surface area contributed by atoms with Gasteiger partial charge in [-0.2, -0.15) is 0 Å². The molecule has 0 bridgehead atoms. The minimum absolute atomic E-state index is 0.289. The molecule has 0 saturated carbocycles. The Morgan fingerprint density at radius 2 is 1.79 bits per heavy atom. The summed E-state index contributed by atoms with van der Waals surface area (Å²) in [6.45, 7) is 0.588. The van der Waals surface area contributed by atoms with Crippen LogP contribution in [0.2, 0.25) is 5.02 Å². The third kappa shape index (κ3) is 3.29. The summed E-state index contributed by atoms with van der Waals surface area (Å²) in [4.78, 5) is 0. The first kappa shape index (κ1) is 17.4. The summed E-state index contributed by atoms with van der Waals surface area (Å²) in [6, 6.07) is 25.2. The first-order chi connectivity index (χ1) is 13.8. The van der Waals surface area contributed by atoms with Gasteiger partial charge in [0.05, 0.1) is 6.04 Å². The standard InChI is InChI=1S/C25H22ClNO/c26-19-11-14-24-23(15-19)21-7-4-8-22(21)25(27-24)18-9-12-20(13-10-18)28-16-17-5-2-1-3-6-17/h1-7,9-15,21-22,25,27H,8,16H2/t21-,22+,25+/m1/s1. The average molecular weight is 388 g/mol. The summed E-state index contributed by atoms with van der Waals surface area (Å²) < 4.78 is 5.94. The van der Waals surface area contributed by atoms with Crippen molar-refractivity contribution in [2.75, 3.05) is 5.32 Å². The molecular formula is C25H22ClNO. The zero-order chi connectivity index (χ0) is 18.9. The Morgan fingerprint density at radius 3 is 2.61 bits per heavy atom. The van der Waals surface area contributed by atoms with Crippen LogP contribution in [-0.4, -0.2) is 0 Å². The molecule has 1 aliphatic carbocycles. The first-order valence-corrected chi connectivity index (χ1v) is 10.1. The van der Waals surface area contributed by atoms with Gasteiger partial charge in [0.2, 0.25) is 0 Å². The van der Waals surface area contributed by atoms with Crippen molar-refractivity contribution in [3.8, 4) is 5.75 Å².